The lowest BCUT2D eigenvalue weighted by atomic mass is 10.0. The van der Waals surface area contributed by atoms with Crippen LogP contribution in [0.15, 0.2) is 0 Å². The molecule has 0 aliphatic heterocycles. The molecule has 0 heterocycles. The predicted molar refractivity (Wildman–Crippen MR) is 49.3 cm³/mol. The van der Waals surface area contributed by atoms with Gasteiger partial charge in [-0.15, -0.1) is 0 Å². The monoisotopic (exact) mass is 186 g/mol. The van der Waals surface area contributed by atoms with Crippen molar-refractivity contribution in [3.8, 4) is 0 Å². The van der Waals surface area contributed by atoms with Gasteiger partial charge in [0.1, 0.15) is 0 Å². The first-order chi connectivity index (χ1) is 5.71. The molecule has 3 nitrogen and oxygen atoms in total. The van der Waals surface area contributed by atoms with E-state index in [9.17, 15) is 9.90 Å². The molecule has 1 saturated carbocycles. The van der Waals surface area contributed by atoms with Gasteiger partial charge in [0.2, 0.25) is 0 Å². The van der Waals surface area contributed by atoms with Crippen LogP contribution >= 0.6 is 0 Å². The number of aliphatic hydroxyl groups excluding tert-OH is 1. The molecular formula is C10H18O3. The number of hydrogen-bond donors (Lipinski definition) is 2. The number of carbonyl (C=O) groups is 1. The smallest absolute Gasteiger partial charge is 0.305 e. The number of aliphatic hydroxyl groups is 1. The average molecular weight is 186 g/mol. The normalized spacial score (nSPS) is 26.8. The number of rotatable bonds is 3. The van der Waals surface area contributed by atoms with Crippen LogP contribution in [-0.4, -0.2) is 22.3 Å². The van der Waals surface area contributed by atoms with E-state index in [0.29, 0.717) is 0 Å². The molecule has 0 bridgehead atoms. The number of carboxylic acid groups (broad SMARTS) is 1. The fourth-order valence-corrected chi connectivity index (χ4v) is 2.51. The highest BCUT2D eigenvalue weighted by atomic mass is 16.4. The van der Waals surface area contributed by atoms with Gasteiger partial charge in [-0.05, 0) is 16.7 Å². The molecule has 0 radical (unpaired) electrons. The van der Waals surface area contributed by atoms with Crippen molar-refractivity contribution in [3.63, 3.8) is 0 Å². The summed E-state index contributed by atoms with van der Waals surface area (Å²) < 4.78 is 0. The molecule has 76 valence electrons. The first-order valence-corrected chi connectivity index (χ1v) is 4.61. The van der Waals surface area contributed by atoms with Crippen molar-refractivity contribution in [2.75, 3.05) is 0 Å². The van der Waals surface area contributed by atoms with Gasteiger partial charge in [0, 0.05) is 0 Å². The summed E-state index contributed by atoms with van der Waals surface area (Å²) in [7, 11) is 0. The van der Waals surface area contributed by atoms with Gasteiger partial charge in [0.25, 0.3) is 0 Å². The van der Waals surface area contributed by atoms with Crippen LogP contribution < -0.4 is 0 Å². The molecular weight excluding hydrogens is 168 g/mol. The standard InChI is InChI=1S/C10H18O3/c1-9(2)8(10(9,3)4)6(11)5-7(12)13/h6,8,11H,5H2,1-4H3,(H,12,13)/t6-/m0/s1. The lowest BCUT2D eigenvalue weighted by Gasteiger charge is -2.08. The quantitative estimate of drug-likeness (QED) is 0.702. The molecule has 1 atom stereocenters. The maximum Gasteiger partial charge on any atom is 0.305 e. The Hall–Kier alpha value is -0.570. The second kappa shape index (κ2) is 2.71. The SMILES string of the molecule is CC1(C)C([C@@H](O)CC(=O)O)C1(C)C. The Morgan fingerprint density at radius 3 is 1.92 bits per heavy atom. The van der Waals surface area contributed by atoms with E-state index < -0.39 is 12.1 Å². The van der Waals surface area contributed by atoms with Crippen LogP contribution in [0, 0.1) is 16.7 Å². The summed E-state index contributed by atoms with van der Waals surface area (Å²) in [6.07, 6.45) is -0.847. The first-order valence-electron chi connectivity index (χ1n) is 4.61. The molecule has 0 amide bonds. The summed E-state index contributed by atoms with van der Waals surface area (Å²) in [5, 5.41) is 18.2. The molecule has 3 heteroatoms. The highest BCUT2D eigenvalue weighted by Crippen LogP contribution is 2.69. The highest BCUT2D eigenvalue weighted by Gasteiger charge is 2.67. The molecule has 0 saturated heterocycles. The van der Waals surface area contributed by atoms with E-state index >= 15 is 0 Å². The summed E-state index contributed by atoms with van der Waals surface area (Å²) in [5.41, 5.74) is 0.115. The third-order valence-electron chi connectivity index (χ3n) is 3.90. The molecule has 0 aromatic carbocycles. The van der Waals surface area contributed by atoms with Crippen molar-refractivity contribution < 1.29 is 15.0 Å². The Kier molecular flexibility index (Phi) is 2.19. The third kappa shape index (κ3) is 1.46. The second-order valence-corrected chi connectivity index (χ2v) is 5.09. The first kappa shape index (κ1) is 10.5. The fraction of sp³-hybridized carbons (Fsp3) is 0.900. The van der Waals surface area contributed by atoms with E-state index in [4.69, 9.17) is 5.11 Å². The van der Waals surface area contributed by atoms with Crippen LogP contribution in [0.5, 0.6) is 0 Å². The number of hydrogen-bond acceptors (Lipinski definition) is 2. The molecule has 0 aromatic heterocycles. The Morgan fingerprint density at radius 1 is 1.31 bits per heavy atom. The van der Waals surface area contributed by atoms with E-state index in [0.717, 1.165) is 0 Å². The van der Waals surface area contributed by atoms with E-state index in [1.54, 1.807) is 0 Å². The minimum atomic E-state index is -0.925. The fourth-order valence-electron chi connectivity index (χ4n) is 2.51. The van der Waals surface area contributed by atoms with E-state index in [1.807, 2.05) is 0 Å². The second-order valence-electron chi connectivity index (χ2n) is 5.09. The third-order valence-corrected chi connectivity index (χ3v) is 3.90. The Bertz CT molecular complexity index is 216. The molecule has 0 unspecified atom stereocenters. The highest BCUT2D eigenvalue weighted by molar-refractivity contribution is 5.67. The van der Waals surface area contributed by atoms with Gasteiger partial charge in [-0.3, -0.25) is 4.79 Å². The lowest BCUT2D eigenvalue weighted by Crippen LogP contribution is -2.18. The zero-order valence-electron chi connectivity index (χ0n) is 8.66. The van der Waals surface area contributed by atoms with Crippen molar-refractivity contribution in [1.29, 1.82) is 0 Å². The van der Waals surface area contributed by atoms with Gasteiger partial charge in [-0.1, -0.05) is 27.7 Å². The molecule has 0 aromatic rings. The Balaban J connectivity index is 2.62. The molecule has 13 heavy (non-hydrogen) atoms. The van der Waals surface area contributed by atoms with Crippen LogP contribution in [0.3, 0.4) is 0 Å². The van der Waals surface area contributed by atoms with Crippen LogP contribution in [0.2, 0.25) is 0 Å². The van der Waals surface area contributed by atoms with Crippen molar-refractivity contribution >= 4 is 5.97 Å². The number of carboxylic acids is 1. The van der Waals surface area contributed by atoms with Crippen LogP contribution in [0.25, 0.3) is 0 Å². The summed E-state index contributed by atoms with van der Waals surface area (Å²) in [5.74, 6) is -0.817. The Morgan fingerprint density at radius 2 is 1.69 bits per heavy atom. The predicted octanol–water partition coefficient (Wildman–Crippen LogP) is 1.50. The van der Waals surface area contributed by atoms with Crippen molar-refractivity contribution in [2.24, 2.45) is 16.7 Å². The summed E-state index contributed by atoms with van der Waals surface area (Å²) in [6.45, 7) is 8.29. The van der Waals surface area contributed by atoms with Crippen LogP contribution in [0.1, 0.15) is 34.1 Å². The van der Waals surface area contributed by atoms with E-state index in [1.165, 1.54) is 0 Å². The van der Waals surface area contributed by atoms with Gasteiger partial charge >= 0.3 is 5.97 Å². The summed E-state index contributed by atoms with van der Waals surface area (Å²) >= 11 is 0. The van der Waals surface area contributed by atoms with Crippen molar-refractivity contribution in [3.05, 3.63) is 0 Å². The lowest BCUT2D eigenvalue weighted by molar-refractivity contribution is -0.139. The summed E-state index contributed by atoms with van der Waals surface area (Å²) in [4.78, 5) is 10.4. The Labute approximate surface area is 78.8 Å². The van der Waals surface area contributed by atoms with Gasteiger partial charge in [-0.2, -0.15) is 0 Å². The largest absolute Gasteiger partial charge is 0.481 e. The van der Waals surface area contributed by atoms with E-state index in [-0.39, 0.29) is 23.2 Å². The maximum atomic E-state index is 10.4. The zero-order chi connectivity index (χ0) is 10.4. The maximum absolute atomic E-state index is 10.4. The average Bonchev–Trinajstić information content (AvgIpc) is 2.20. The van der Waals surface area contributed by atoms with Gasteiger partial charge in [-0.25, -0.2) is 0 Å². The van der Waals surface area contributed by atoms with E-state index in [2.05, 4.69) is 27.7 Å². The molecule has 0 spiro atoms. The van der Waals surface area contributed by atoms with Crippen molar-refractivity contribution in [1.82, 2.24) is 0 Å². The zero-order valence-corrected chi connectivity index (χ0v) is 8.66. The summed E-state index contributed by atoms with van der Waals surface area (Å²) in [6, 6.07) is 0. The molecule has 1 fully saturated rings. The van der Waals surface area contributed by atoms with Gasteiger partial charge in [0.15, 0.2) is 0 Å². The van der Waals surface area contributed by atoms with Gasteiger partial charge < -0.3 is 10.2 Å². The van der Waals surface area contributed by atoms with Crippen molar-refractivity contribution in [2.45, 2.75) is 40.2 Å². The molecule has 1 aliphatic carbocycles. The minimum absolute atomic E-state index is 0.0574. The molecule has 1 aliphatic rings. The van der Waals surface area contributed by atoms with Gasteiger partial charge in [0.05, 0.1) is 12.5 Å². The number of aliphatic carboxylic acids is 1. The minimum Gasteiger partial charge on any atom is -0.481 e. The van der Waals surface area contributed by atoms with Crippen LogP contribution in [-0.2, 0) is 4.79 Å². The molecule has 2 N–H and O–H groups in total. The molecule has 1 rings (SSSR count). The topological polar surface area (TPSA) is 57.5 Å². The van der Waals surface area contributed by atoms with Crippen LogP contribution in [0.4, 0.5) is 0 Å².